The van der Waals surface area contributed by atoms with E-state index in [2.05, 4.69) is 37.4 Å². The quantitative estimate of drug-likeness (QED) is 0.888. The van der Waals surface area contributed by atoms with Crippen LogP contribution in [-0.2, 0) is 0 Å². The first-order valence-electron chi connectivity index (χ1n) is 6.61. The average Bonchev–Trinajstić information content (AvgIpc) is 2.42. The summed E-state index contributed by atoms with van der Waals surface area (Å²) in [5, 5.41) is 3.63. The Morgan fingerprint density at radius 3 is 2.30 bits per heavy atom. The van der Waals surface area contributed by atoms with Gasteiger partial charge in [0.15, 0.2) is 0 Å². The average molecular weight is 288 g/mol. The molecule has 0 aliphatic rings. The zero-order chi connectivity index (χ0) is 14.7. The Bertz CT molecular complexity index is 619. The molecule has 1 atom stereocenters. The minimum absolute atomic E-state index is 0.0301. The molecule has 3 heteroatoms. The van der Waals surface area contributed by atoms with Crippen molar-refractivity contribution >= 4 is 17.5 Å². The van der Waals surface area contributed by atoms with Gasteiger partial charge in [0.2, 0.25) is 0 Å². The second-order valence-corrected chi connectivity index (χ2v) is 5.48. The van der Waals surface area contributed by atoms with Crippen molar-refractivity contribution in [1.29, 1.82) is 0 Å². The van der Waals surface area contributed by atoms with Crippen molar-refractivity contribution < 1.29 is 4.79 Å². The van der Waals surface area contributed by atoms with Gasteiger partial charge in [-0.05, 0) is 61.7 Å². The lowest BCUT2D eigenvalue weighted by Gasteiger charge is -2.15. The van der Waals surface area contributed by atoms with Gasteiger partial charge in [-0.25, -0.2) is 0 Å². The summed E-state index contributed by atoms with van der Waals surface area (Å²) < 4.78 is 0. The van der Waals surface area contributed by atoms with Gasteiger partial charge in [0.1, 0.15) is 0 Å². The monoisotopic (exact) mass is 287 g/mol. The third-order valence-electron chi connectivity index (χ3n) is 3.48. The van der Waals surface area contributed by atoms with Gasteiger partial charge in [-0.2, -0.15) is 0 Å². The summed E-state index contributed by atoms with van der Waals surface area (Å²) in [5.41, 5.74) is 4.21. The second-order valence-electron chi connectivity index (χ2n) is 5.05. The Balaban J connectivity index is 2.10. The largest absolute Gasteiger partial charge is 0.346 e. The number of carbonyl (C=O) groups is 1. The fourth-order valence-electron chi connectivity index (χ4n) is 2.00. The highest BCUT2D eigenvalue weighted by Crippen LogP contribution is 2.17. The molecule has 0 aliphatic heterocycles. The second kappa shape index (κ2) is 6.10. The molecule has 104 valence electrons. The molecule has 0 bridgehead atoms. The van der Waals surface area contributed by atoms with Crippen LogP contribution in [-0.4, -0.2) is 5.91 Å². The molecule has 20 heavy (non-hydrogen) atoms. The minimum Gasteiger partial charge on any atom is -0.346 e. The molecule has 0 radical (unpaired) electrons. The van der Waals surface area contributed by atoms with Crippen molar-refractivity contribution in [3.05, 3.63) is 69.7 Å². The number of aryl methyl sites for hydroxylation is 2. The van der Waals surface area contributed by atoms with Crippen LogP contribution in [0, 0.1) is 13.8 Å². The number of amides is 1. The van der Waals surface area contributed by atoms with Crippen LogP contribution in [0.4, 0.5) is 0 Å². The van der Waals surface area contributed by atoms with Crippen molar-refractivity contribution in [2.75, 3.05) is 0 Å². The number of nitrogens with one attached hydrogen (secondary N) is 1. The first kappa shape index (κ1) is 14.6. The molecule has 0 saturated heterocycles. The molecule has 2 aromatic carbocycles. The number of halogens is 1. The normalized spacial score (nSPS) is 12.0. The lowest BCUT2D eigenvalue weighted by Crippen LogP contribution is -2.26. The van der Waals surface area contributed by atoms with E-state index in [4.69, 9.17) is 11.6 Å². The molecule has 1 N–H and O–H groups in total. The molecule has 0 spiro atoms. The Labute approximate surface area is 124 Å². The van der Waals surface area contributed by atoms with E-state index in [1.807, 2.05) is 6.92 Å². The van der Waals surface area contributed by atoms with Crippen molar-refractivity contribution in [3.63, 3.8) is 0 Å². The Morgan fingerprint density at radius 1 is 1.05 bits per heavy atom. The van der Waals surface area contributed by atoms with E-state index in [0.29, 0.717) is 10.6 Å². The molecular weight excluding hydrogens is 270 g/mol. The number of hydrogen-bond donors (Lipinski definition) is 1. The fraction of sp³-hybridized carbons (Fsp3) is 0.235. The maximum Gasteiger partial charge on any atom is 0.251 e. The maximum absolute atomic E-state index is 12.1. The number of rotatable bonds is 3. The molecule has 2 nitrogen and oxygen atoms in total. The van der Waals surface area contributed by atoms with Gasteiger partial charge in [0.05, 0.1) is 6.04 Å². The number of carbonyl (C=O) groups excluding carboxylic acids is 1. The SMILES string of the molecule is Cc1ccc([C@H](C)NC(=O)c2ccc(Cl)cc2)cc1C. The molecule has 0 aromatic heterocycles. The Hall–Kier alpha value is -1.80. The standard InChI is InChI=1S/C17H18ClNO/c1-11-4-5-15(10-12(11)2)13(3)19-17(20)14-6-8-16(18)9-7-14/h4-10,13H,1-3H3,(H,19,20)/t13-/m0/s1. The first-order chi connectivity index (χ1) is 9.47. The van der Waals surface area contributed by atoms with E-state index in [1.165, 1.54) is 11.1 Å². The molecule has 0 aliphatic carbocycles. The lowest BCUT2D eigenvalue weighted by atomic mass is 10.0. The van der Waals surface area contributed by atoms with E-state index in [9.17, 15) is 4.79 Å². The third-order valence-corrected chi connectivity index (χ3v) is 3.74. The lowest BCUT2D eigenvalue weighted by molar-refractivity contribution is 0.0940. The van der Waals surface area contributed by atoms with E-state index in [1.54, 1.807) is 24.3 Å². The molecule has 0 fully saturated rings. The highest BCUT2D eigenvalue weighted by Gasteiger charge is 2.11. The molecular formula is C17H18ClNO. The summed E-state index contributed by atoms with van der Waals surface area (Å²) in [7, 11) is 0. The van der Waals surface area contributed by atoms with E-state index in [0.717, 1.165) is 5.56 Å². The molecule has 2 rings (SSSR count). The van der Waals surface area contributed by atoms with E-state index >= 15 is 0 Å². The molecule has 0 heterocycles. The van der Waals surface area contributed by atoms with Gasteiger partial charge in [-0.1, -0.05) is 29.8 Å². The van der Waals surface area contributed by atoms with Crippen molar-refractivity contribution in [1.82, 2.24) is 5.32 Å². The first-order valence-corrected chi connectivity index (χ1v) is 6.99. The van der Waals surface area contributed by atoms with Crippen molar-refractivity contribution in [2.45, 2.75) is 26.8 Å². The van der Waals surface area contributed by atoms with Gasteiger partial charge in [-0.15, -0.1) is 0 Å². The minimum atomic E-state index is -0.0904. The van der Waals surface area contributed by atoms with Crippen LogP contribution in [0.3, 0.4) is 0 Å². The van der Waals surface area contributed by atoms with Crippen molar-refractivity contribution in [3.8, 4) is 0 Å². The summed E-state index contributed by atoms with van der Waals surface area (Å²) >= 11 is 5.82. The fourth-order valence-corrected chi connectivity index (χ4v) is 2.12. The van der Waals surface area contributed by atoms with E-state index < -0.39 is 0 Å². The molecule has 0 saturated carbocycles. The Morgan fingerprint density at radius 2 is 1.70 bits per heavy atom. The zero-order valence-electron chi connectivity index (χ0n) is 11.9. The van der Waals surface area contributed by atoms with Gasteiger partial charge in [-0.3, -0.25) is 4.79 Å². The van der Waals surface area contributed by atoms with Gasteiger partial charge >= 0.3 is 0 Å². The van der Waals surface area contributed by atoms with Crippen LogP contribution in [0.25, 0.3) is 0 Å². The summed E-state index contributed by atoms with van der Waals surface area (Å²) in [5.74, 6) is -0.0904. The third kappa shape index (κ3) is 3.40. The molecule has 2 aromatic rings. The highest BCUT2D eigenvalue weighted by molar-refractivity contribution is 6.30. The summed E-state index contributed by atoms with van der Waals surface area (Å²) in [6.07, 6.45) is 0. The Kier molecular flexibility index (Phi) is 4.46. The predicted molar refractivity (Wildman–Crippen MR) is 83.2 cm³/mol. The summed E-state index contributed by atoms with van der Waals surface area (Å²) in [4.78, 5) is 12.1. The van der Waals surface area contributed by atoms with Crippen LogP contribution < -0.4 is 5.32 Å². The molecule has 1 amide bonds. The van der Waals surface area contributed by atoms with Crippen LogP contribution >= 0.6 is 11.6 Å². The number of benzene rings is 2. The predicted octanol–water partition coefficient (Wildman–Crippen LogP) is 4.45. The zero-order valence-corrected chi connectivity index (χ0v) is 12.7. The summed E-state index contributed by atoms with van der Waals surface area (Å²) in [6, 6.07) is 13.1. The van der Waals surface area contributed by atoms with Crippen LogP contribution in [0.5, 0.6) is 0 Å². The van der Waals surface area contributed by atoms with Gasteiger partial charge in [0, 0.05) is 10.6 Å². The van der Waals surface area contributed by atoms with Gasteiger partial charge in [0.25, 0.3) is 5.91 Å². The van der Waals surface area contributed by atoms with Gasteiger partial charge < -0.3 is 5.32 Å². The molecule has 0 unspecified atom stereocenters. The van der Waals surface area contributed by atoms with E-state index in [-0.39, 0.29) is 11.9 Å². The summed E-state index contributed by atoms with van der Waals surface area (Å²) in [6.45, 7) is 6.14. The smallest absolute Gasteiger partial charge is 0.251 e. The van der Waals surface area contributed by atoms with Crippen LogP contribution in [0.15, 0.2) is 42.5 Å². The highest BCUT2D eigenvalue weighted by atomic mass is 35.5. The topological polar surface area (TPSA) is 29.1 Å². The van der Waals surface area contributed by atoms with Crippen molar-refractivity contribution in [2.24, 2.45) is 0 Å². The number of hydrogen-bond acceptors (Lipinski definition) is 1. The van der Waals surface area contributed by atoms with Crippen LogP contribution in [0.2, 0.25) is 5.02 Å². The maximum atomic E-state index is 12.1. The van der Waals surface area contributed by atoms with Crippen LogP contribution in [0.1, 0.15) is 40.0 Å².